The molecule has 1 aromatic carbocycles. The van der Waals surface area contributed by atoms with Crippen LogP contribution in [-0.2, 0) is 4.79 Å². The van der Waals surface area contributed by atoms with Gasteiger partial charge in [-0.3, -0.25) is 4.79 Å². The maximum Gasteiger partial charge on any atom is 0.225 e. The summed E-state index contributed by atoms with van der Waals surface area (Å²) in [5.74, 6) is 0.893. The molecule has 0 radical (unpaired) electrons. The molecule has 0 saturated carbocycles. The molecule has 1 amide bonds. The number of halogens is 1. The topological polar surface area (TPSA) is 59.6 Å². The molecule has 0 unspecified atom stereocenters. The van der Waals surface area contributed by atoms with Gasteiger partial charge in [-0.1, -0.05) is 25.4 Å². The summed E-state index contributed by atoms with van der Waals surface area (Å²) < 4.78 is 10.3. The Morgan fingerprint density at radius 3 is 2.45 bits per heavy atom. The average Bonchev–Trinajstić information content (AvgIpc) is 2.39. The van der Waals surface area contributed by atoms with Crippen molar-refractivity contribution in [2.75, 3.05) is 26.1 Å². The van der Waals surface area contributed by atoms with Crippen molar-refractivity contribution in [3.05, 3.63) is 17.2 Å². The number of rotatable bonds is 7. The predicted octanol–water partition coefficient (Wildman–Crippen LogP) is 2.68. The summed E-state index contributed by atoms with van der Waals surface area (Å²) in [5.41, 5.74) is 0.545. The summed E-state index contributed by atoms with van der Waals surface area (Å²) in [4.78, 5) is 11.9. The van der Waals surface area contributed by atoms with E-state index in [1.165, 1.54) is 14.2 Å². The molecule has 2 N–H and O–H groups in total. The highest BCUT2D eigenvalue weighted by Gasteiger charge is 2.12. The van der Waals surface area contributed by atoms with Gasteiger partial charge < -0.3 is 20.1 Å². The Kier molecular flexibility index (Phi) is 6.61. The second-order valence-corrected chi connectivity index (χ2v) is 5.00. The van der Waals surface area contributed by atoms with Crippen molar-refractivity contribution in [2.45, 2.75) is 26.3 Å². The SMILES string of the molecule is COc1cc(NC(=O)CCNC(C)C)c(OC)cc1Cl. The van der Waals surface area contributed by atoms with E-state index >= 15 is 0 Å². The van der Waals surface area contributed by atoms with Crippen LogP contribution in [0, 0.1) is 0 Å². The van der Waals surface area contributed by atoms with Crippen molar-refractivity contribution >= 4 is 23.2 Å². The van der Waals surface area contributed by atoms with Crippen LogP contribution in [0.4, 0.5) is 5.69 Å². The lowest BCUT2D eigenvalue weighted by molar-refractivity contribution is -0.116. The molecular formula is C14H21ClN2O3. The van der Waals surface area contributed by atoms with Gasteiger partial charge in [-0.15, -0.1) is 0 Å². The number of methoxy groups -OCH3 is 2. The fourth-order valence-electron chi connectivity index (χ4n) is 1.65. The summed E-state index contributed by atoms with van der Waals surface area (Å²) in [5, 5.41) is 6.41. The molecule has 0 aromatic heterocycles. The Labute approximate surface area is 124 Å². The number of amides is 1. The predicted molar refractivity (Wildman–Crippen MR) is 80.9 cm³/mol. The average molecular weight is 301 g/mol. The minimum absolute atomic E-state index is 0.0965. The van der Waals surface area contributed by atoms with Gasteiger partial charge >= 0.3 is 0 Å². The number of anilines is 1. The van der Waals surface area contributed by atoms with Crippen molar-refractivity contribution in [3.63, 3.8) is 0 Å². The summed E-state index contributed by atoms with van der Waals surface area (Å²) in [6.07, 6.45) is 0.381. The third-order valence-corrected chi connectivity index (χ3v) is 2.95. The van der Waals surface area contributed by atoms with Gasteiger partial charge in [0.1, 0.15) is 11.5 Å². The Morgan fingerprint density at radius 1 is 1.25 bits per heavy atom. The first-order chi connectivity index (χ1) is 9.47. The standard InChI is InChI=1S/C14H21ClN2O3/c1-9(2)16-6-5-14(18)17-11-8-12(19-3)10(15)7-13(11)20-4/h7-9,16H,5-6H2,1-4H3,(H,17,18). The third-order valence-electron chi connectivity index (χ3n) is 2.65. The second kappa shape index (κ2) is 7.97. The minimum Gasteiger partial charge on any atom is -0.495 e. The van der Waals surface area contributed by atoms with E-state index < -0.39 is 0 Å². The quantitative estimate of drug-likeness (QED) is 0.813. The third kappa shape index (κ3) is 4.90. The van der Waals surface area contributed by atoms with Crippen LogP contribution in [0.2, 0.25) is 5.02 Å². The molecule has 6 heteroatoms. The number of carbonyl (C=O) groups is 1. The maximum absolute atomic E-state index is 11.9. The summed E-state index contributed by atoms with van der Waals surface area (Å²) in [6, 6.07) is 3.62. The largest absolute Gasteiger partial charge is 0.495 e. The monoisotopic (exact) mass is 300 g/mol. The van der Waals surface area contributed by atoms with E-state index in [4.69, 9.17) is 21.1 Å². The second-order valence-electron chi connectivity index (χ2n) is 4.59. The van der Waals surface area contributed by atoms with E-state index in [0.29, 0.717) is 41.2 Å². The van der Waals surface area contributed by atoms with Gasteiger partial charge in [0, 0.05) is 31.1 Å². The smallest absolute Gasteiger partial charge is 0.225 e. The summed E-state index contributed by atoms with van der Waals surface area (Å²) in [6.45, 7) is 4.69. The van der Waals surface area contributed by atoms with Gasteiger partial charge in [-0.2, -0.15) is 0 Å². The fourth-order valence-corrected chi connectivity index (χ4v) is 1.88. The summed E-state index contributed by atoms with van der Waals surface area (Å²) in [7, 11) is 3.04. The zero-order chi connectivity index (χ0) is 15.1. The minimum atomic E-state index is -0.0965. The molecule has 0 heterocycles. The Hall–Kier alpha value is -1.46. The van der Waals surface area contributed by atoms with Crippen LogP contribution in [0.5, 0.6) is 11.5 Å². The van der Waals surface area contributed by atoms with Crippen molar-refractivity contribution in [3.8, 4) is 11.5 Å². The first-order valence-corrected chi connectivity index (χ1v) is 6.80. The van der Waals surface area contributed by atoms with E-state index in [0.717, 1.165) is 0 Å². The molecule has 0 aliphatic carbocycles. The molecule has 1 rings (SSSR count). The number of carbonyl (C=O) groups excluding carboxylic acids is 1. The number of benzene rings is 1. The molecule has 0 atom stereocenters. The summed E-state index contributed by atoms with van der Waals surface area (Å²) >= 11 is 6.01. The zero-order valence-corrected chi connectivity index (χ0v) is 13.0. The molecular weight excluding hydrogens is 280 g/mol. The van der Waals surface area contributed by atoms with Crippen LogP contribution in [0.3, 0.4) is 0 Å². The first-order valence-electron chi connectivity index (χ1n) is 6.42. The van der Waals surface area contributed by atoms with Gasteiger partial charge in [0.05, 0.1) is 24.9 Å². The van der Waals surface area contributed by atoms with Crippen LogP contribution >= 0.6 is 11.6 Å². The van der Waals surface area contributed by atoms with E-state index in [2.05, 4.69) is 10.6 Å². The molecule has 0 aliphatic rings. The highest BCUT2D eigenvalue weighted by atomic mass is 35.5. The maximum atomic E-state index is 11.9. The Balaban J connectivity index is 2.72. The van der Waals surface area contributed by atoms with Gasteiger partial charge in [-0.05, 0) is 0 Å². The molecule has 0 fully saturated rings. The van der Waals surface area contributed by atoms with Gasteiger partial charge in [0.25, 0.3) is 0 Å². The van der Waals surface area contributed by atoms with Crippen LogP contribution < -0.4 is 20.1 Å². The number of hydrogen-bond donors (Lipinski definition) is 2. The van der Waals surface area contributed by atoms with Crippen LogP contribution in [0.1, 0.15) is 20.3 Å². The first kappa shape index (κ1) is 16.6. The molecule has 20 heavy (non-hydrogen) atoms. The molecule has 1 aromatic rings. The van der Waals surface area contributed by atoms with Gasteiger partial charge in [0.2, 0.25) is 5.91 Å². The van der Waals surface area contributed by atoms with E-state index in [1.54, 1.807) is 12.1 Å². The Morgan fingerprint density at radius 2 is 1.90 bits per heavy atom. The molecule has 112 valence electrons. The van der Waals surface area contributed by atoms with E-state index in [-0.39, 0.29) is 5.91 Å². The molecule has 0 bridgehead atoms. The molecule has 5 nitrogen and oxygen atoms in total. The van der Waals surface area contributed by atoms with Crippen LogP contribution in [0.25, 0.3) is 0 Å². The lowest BCUT2D eigenvalue weighted by Crippen LogP contribution is -2.27. The van der Waals surface area contributed by atoms with E-state index in [1.807, 2.05) is 13.8 Å². The zero-order valence-electron chi connectivity index (χ0n) is 12.2. The Bertz CT molecular complexity index is 464. The van der Waals surface area contributed by atoms with E-state index in [9.17, 15) is 4.79 Å². The fraction of sp³-hybridized carbons (Fsp3) is 0.500. The normalized spacial score (nSPS) is 10.5. The van der Waals surface area contributed by atoms with Crippen molar-refractivity contribution in [1.82, 2.24) is 5.32 Å². The highest BCUT2D eigenvalue weighted by Crippen LogP contribution is 2.35. The van der Waals surface area contributed by atoms with Crippen LogP contribution in [0.15, 0.2) is 12.1 Å². The highest BCUT2D eigenvalue weighted by molar-refractivity contribution is 6.32. The number of ether oxygens (including phenoxy) is 2. The van der Waals surface area contributed by atoms with Crippen molar-refractivity contribution < 1.29 is 14.3 Å². The van der Waals surface area contributed by atoms with Gasteiger partial charge in [-0.25, -0.2) is 0 Å². The van der Waals surface area contributed by atoms with Gasteiger partial charge in [0.15, 0.2) is 0 Å². The lowest BCUT2D eigenvalue weighted by atomic mass is 10.2. The number of hydrogen-bond acceptors (Lipinski definition) is 4. The molecule has 0 saturated heterocycles. The molecule has 0 aliphatic heterocycles. The van der Waals surface area contributed by atoms with Crippen molar-refractivity contribution in [2.24, 2.45) is 0 Å². The lowest BCUT2D eigenvalue weighted by Gasteiger charge is -2.13. The van der Waals surface area contributed by atoms with Crippen LogP contribution in [-0.4, -0.2) is 32.7 Å². The molecule has 0 spiro atoms. The van der Waals surface area contributed by atoms with Crippen molar-refractivity contribution in [1.29, 1.82) is 0 Å². The number of nitrogens with one attached hydrogen (secondary N) is 2.